The number of rotatable bonds is 3. The van der Waals surface area contributed by atoms with E-state index in [0.717, 1.165) is 0 Å². The molecule has 0 aliphatic heterocycles. The van der Waals surface area contributed by atoms with Gasteiger partial charge in [0.15, 0.2) is 0 Å². The summed E-state index contributed by atoms with van der Waals surface area (Å²) in [5, 5.41) is 10.3. The van der Waals surface area contributed by atoms with Gasteiger partial charge in [-0.15, -0.1) is 0 Å². The third-order valence-electron chi connectivity index (χ3n) is 3.46. The van der Waals surface area contributed by atoms with Crippen LogP contribution in [0.4, 0.5) is 5.69 Å². The van der Waals surface area contributed by atoms with Crippen molar-refractivity contribution in [2.24, 2.45) is 0 Å². The maximum atomic E-state index is 12.5. The third-order valence-corrected chi connectivity index (χ3v) is 3.67. The summed E-state index contributed by atoms with van der Waals surface area (Å²) in [7, 11) is 1.68. The Morgan fingerprint density at radius 3 is 2.57 bits per heavy atom. The van der Waals surface area contributed by atoms with Crippen molar-refractivity contribution in [1.29, 1.82) is 0 Å². The van der Waals surface area contributed by atoms with Crippen LogP contribution >= 0.6 is 11.6 Å². The van der Waals surface area contributed by atoms with E-state index < -0.39 is 0 Å². The predicted octanol–water partition coefficient (Wildman–Crippen LogP) is 3.46. The molecule has 4 nitrogen and oxygen atoms in total. The normalized spacial score (nSPS) is 12.0. The predicted molar refractivity (Wildman–Crippen MR) is 84.5 cm³/mol. The first-order valence-corrected chi connectivity index (χ1v) is 6.89. The zero-order chi connectivity index (χ0) is 15.6. The Hall–Kier alpha value is -2.20. The molecule has 1 atom stereocenters. The maximum Gasteiger partial charge on any atom is 0.254 e. The highest BCUT2D eigenvalue weighted by Crippen LogP contribution is 2.28. The largest absolute Gasteiger partial charge is 0.508 e. The number of hydrogen-bond donors (Lipinski definition) is 2. The molecule has 0 fully saturated rings. The SMILES string of the molecule is CC(c1ccccc1O)N(C)C(=O)c1cc(N)cc(Cl)c1. The van der Waals surface area contributed by atoms with E-state index in [1.807, 2.05) is 13.0 Å². The van der Waals surface area contributed by atoms with Crippen LogP contribution in [0, 0.1) is 0 Å². The first-order chi connectivity index (χ1) is 9.90. The zero-order valence-corrected chi connectivity index (χ0v) is 12.6. The molecule has 0 aliphatic rings. The van der Waals surface area contributed by atoms with E-state index in [9.17, 15) is 9.90 Å². The number of carbonyl (C=O) groups is 1. The van der Waals surface area contributed by atoms with Crippen molar-refractivity contribution >= 4 is 23.2 Å². The lowest BCUT2D eigenvalue weighted by Gasteiger charge is -2.26. The molecule has 0 aliphatic carbocycles. The second-order valence-electron chi connectivity index (χ2n) is 4.92. The molecule has 0 heterocycles. The van der Waals surface area contributed by atoms with Gasteiger partial charge in [0.2, 0.25) is 0 Å². The van der Waals surface area contributed by atoms with Crippen LogP contribution < -0.4 is 5.73 Å². The molecule has 3 N–H and O–H groups in total. The summed E-state index contributed by atoms with van der Waals surface area (Å²) in [5.41, 5.74) is 7.26. The minimum absolute atomic E-state index is 0.162. The van der Waals surface area contributed by atoms with Crippen LogP contribution in [-0.2, 0) is 0 Å². The number of phenols is 1. The van der Waals surface area contributed by atoms with Gasteiger partial charge in [-0.05, 0) is 31.2 Å². The summed E-state index contributed by atoms with van der Waals surface area (Å²) < 4.78 is 0. The summed E-state index contributed by atoms with van der Waals surface area (Å²) in [5.74, 6) is -0.0461. The summed E-state index contributed by atoms with van der Waals surface area (Å²) in [6.45, 7) is 1.85. The number of halogens is 1. The molecule has 1 amide bonds. The van der Waals surface area contributed by atoms with E-state index >= 15 is 0 Å². The second-order valence-corrected chi connectivity index (χ2v) is 5.36. The van der Waals surface area contributed by atoms with Gasteiger partial charge in [-0.25, -0.2) is 0 Å². The molecule has 2 aromatic carbocycles. The molecular formula is C16H17ClN2O2. The molecule has 5 heteroatoms. The number of phenolic OH excluding ortho intramolecular Hbond substituents is 1. The van der Waals surface area contributed by atoms with Gasteiger partial charge in [-0.3, -0.25) is 4.79 Å². The highest BCUT2D eigenvalue weighted by Gasteiger charge is 2.21. The highest BCUT2D eigenvalue weighted by molar-refractivity contribution is 6.31. The maximum absolute atomic E-state index is 12.5. The Balaban J connectivity index is 2.28. The summed E-state index contributed by atoms with van der Waals surface area (Å²) >= 11 is 5.93. The number of aromatic hydroxyl groups is 1. The van der Waals surface area contributed by atoms with Crippen molar-refractivity contribution in [2.45, 2.75) is 13.0 Å². The monoisotopic (exact) mass is 304 g/mol. The van der Waals surface area contributed by atoms with Crippen molar-refractivity contribution in [3.63, 3.8) is 0 Å². The molecule has 2 rings (SSSR count). The van der Waals surface area contributed by atoms with Gasteiger partial charge in [0.25, 0.3) is 5.91 Å². The van der Waals surface area contributed by atoms with Crippen molar-refractivity contribution in [1.82, 2.24) is 4.90 Å². The second kappa shape index (κ2) is 6.06. The molecule has 2 aromatic rings. The number of anilines is 1. The first-order valence-electron chi connectivity index (χ1n) is 6.51. The lowest BCUT2D eigenvalue weighted by atomic mass is 10.0. The molecule has 110 valence electrons. The fraction of sp³-hybridized carbons (Fsp3) is 0.188. The van der Waals surface area contributed by atoms with Gasteiger partial charge in [0.1, 0.15) is 5.75 Å². The summed E-state index contributed by atoms with van der Waals surface area (Å²) in [6, 6.07) is 11.4. The lowest BCUT2D eigenvalue weighted by Crippen LogP contribution is -2.29. The van der Waals surface area contributed by atoms with E-state index in [4.69, 9.17) is 17.3 Å². The Morgan fingerprint density at radius 1 is 1.29 bits per heavy atom. The molecule has 1 unspecified atom stereocenters. The van der Waals surface area contributed by atoms with Crippen molar-refractivity contribution in [3.05, 3.63) is 58.6 Å². The Kier molecular flexibility index (Phi) is 4.38. The molecule has 0 bridgehead atoms. The third kappa shape index (κ3) is 3.28. The average molecular weight is 305 g/mol. The van der Waals surface area contributed by atoms with Gasteiger partial charge >= 0.3 is 0 Å². The fourth-order valence-corrected chi connectivity index (χ4v) is 2.41. The van der Waals surface area contributed by atoms with Crippen LogP contribution in [0.25, 0.3) is 0 Å². The molecule has 0 radical (unpaired) electrons. The van der Waals surface area contributed by atoms with E-state index in [1.165, 1.54) is 0 Å². The molecule has 0 aromatic heterocycles. The van der Waals surface area contributed by atoms with Crippen LogP contribution in [0.5, 0.6) is 5.75 Å². The molecule has 0 saturated carbocycles. The molecular weight excluding hydrogens is 288 g/mol. The van der Waals surface area contributed by atoms with E-state index in [1.54, 1.807) is 48.3 Å². The first kappa shape index (κ1) is 15.2. The zero-order valence-electron chi connectivity index (χ0n) is 11.9. The topological polar surface area (TPSA) is 66.6 Å². The number of hydrogen-bond acceptors (Lipinski definition) is 3. The highest BCUT2D eigenvalue weighted by atomic mass is 35.5. The van der Waals surface area contributed by atoms with E-state index in [2.05, 4.69) is 0 Å². The fourth-order valence-electron chi connectivity index (χ4n) is 2.16. The quantitative estimate of drug-likeness (QED) is 0.853. The smallest absolute Gasteiger partial charge is 0.254 e. The number of nitrogen functional groups attached to an aromatic ring is 1. The Labute approximate surface area is 128 Å². The number of carbonyl (C=O) groups excluding carboxylic acids is 1. The van der Waals surface area contributed by atoms with Gasteiger partial charge < -0.3 is 15.7 Å². The van der Waals surface area contributed by atoms with Gasteiger partial charge in [0.05, 0.1) is 6.04 Å². The number of para-hydroxylation sites is 1. The van der Waals surface area contributed by atoms with Crippen LogP contribution in [0.3, 0.4) is 0 Å². The van der Waals surface area contributed by atoms with Crippen molar-refractivity contribution in [2.75, 3.05) is 12.8 Å². The number of nitrogens with two attached hydrogens (primary N) is 1. The van der Waals surface area contributed by atoms with Gasteiger partial charge in [0, 0.05) is 28.9 Å². The number of nitrogens with zero attached hydrogens (tertiary/aromatic N) is 1. The van der Waals surface area contributed by atoms with Crippen molar-refractivity contribution < 1.29 is 9.90 Å². The number of amides is 1. The number of benzene rings is 2. The Bertz CT molecular complexity index is 653. The minimum atomic E-state index is -0.279. The van der Waals surface area contributed by atoms with E-state index in [0.29, 0.717) is 21.8 Å². The average Bonchev–Trinajstić information content (AvgIpc) is 2.44. The van der Waals surface area contributed by atoms with Crippen LogP contribution in [0.15, 0.2) is 42.5 Å². The summed E-state index contributed by atoms with van der Waals surface area (Å²) in [6.07, 6.45) is 0. The van der Waals surface area contributed by atoms with E-state index in [-0.39, 0.29) is 17.7 Å². The van der Waals surface area contributed by atoms with Crippen molar-refractivity contribution in [3.8, 4) is 5.75 Å². The van der Waals surface area contributed by atoms with Gasteiger partial charge in [-0.2, -0.15) is 0 Å². The van der Waals surface area contributed by atoms with Crippen LogP contribution in [-0.4, -0.2) is 23.0 Å². The lowest BCUT2D eigenvalue weighted by molar-refractivity contribution is 0.0741. The minimum Gasteiger partial charge on any atom is -0.508 e. The Morgan fingerprint density at radius 2 is 1.95 bits per heavy atom. The molecule has 21 heavy (non-hydrogen) atoms. The summed E-state index contributed by atoms with van der Waals surface area (Å²) in [4.78, 5) is 14.0. The standard InChI is InChI=1S/C16H17ClN2O2/c1-10(14-5-3-4-6-15(14)20)19(2)16(21)11-7-12(17)9-13(18)8-11/h3-10,20H,18H2,1-2H3. The van der Waals surface area contributed by atoms with Crippen LogP contribution in [0.2, 0.25) is 5.02 Å². The molecule has 0 saturated heterocycles. The molecule has 0 spiro atoms. The van der Waals surface area contributed by atoms with Gasteiger partial charge in [-0.1, -0.05) is 29.8 Å². The van der Waals surface area contributed by atoms with Crippen LogP contribution in [0.1, 0.15) is 28.9 Å².